The van der Waals surface area contributed by atoms with Crippen molar-refractivity contribution in [3.8, 4) is 5.69 Å². The second-order valence-electron chi connectivity index (χ2n) is 3.70. The zero-order valence-electron chi connectivity index (χ0n) is 9.39. The summed E-state index contributed by atoms with van der Waals surface area (Å²) in [5, 5.41) is 16.3. The summed E-state index contributed by atoms with van der Waals surface area (Å²) in [6, 6.07) is 4.20. The SMILES string of the molecule is Cc1c(CC(=O)O)nnn1-c1ccc(Cl)c(F)c1. The summed E-state index contributed by atoms with van der Waals surface area (Å²) in [6.07, 6.45) is -0.220. The summed E-state index contributed by atoms with van der Waals surface area (Å²) in [5.41, 5.74) is 1.34. The molecule has 1 aromatic carbocycles. The van der Waals surface area contributed by atoms with Gasteiger partial charge in [-0.15, -0.1) is 5.10 Å². The Labute approximate surface area is 107 Å². The minimum atomic E-state index is -0.993. The van der Waals surface area contributed by atoms with E-state index in [4.69, 9.17) is 16.7 Å². The highest BCUT2D eigenvalue weighted by Gasteiger charge is 2.13. The van der Waals surface area contributed by atoms with Crippen molar-refractivity contribution in [2.45, 2.75) is 13.3 Å². The van der Waals surface area contributed by atoms with E-state index in [1.807, 2.05) is 0 Å². The van der Waals surface area contributed by atoms with Crippen molar-refractivity contribution in [1.82, 2.24) is 15.0 Å². The van der Waals surface area contributed by atoms with Crippen LogP contribution in [0.1, 0.15) is 11.4 Å². The number of halogens is 2. The van der Waals surface area contributed by atoms with E-state index in [2.05, 4.69) is 10.3 Å². The minimum absolute atomic E-state index is 0.0160. The Balaban J connectivity index is 2.42. The van der Waals surface area contributed by atoms with E-state index in [0.29, 0.717) is 17.1 Å². The number of carbonyl (C=O) groups is 1. The number of hydrogen-bond donors (Lipinski definition) is 1. The number of rotatable bonds is 3. The molecule has 0 atom stereocenters. The average Bonchev–Trinajstić information content (AvgIpc) is 2.64. The lowest BCUT2D eigenvalue weighted by atomic mass is 10.2. The lowest BCUT2D eigenvalue weighted by Gasteiger charge is -2.04. The molecule has 2 rings (SSSR count). The zero-order chi connectivity index (χ0) is 13.3. The van der Waals surface area contributed by atoms with Crippen molar-refractivity contribution < 1.29 is 14.3 Å². The van der Waals surface area contributed by atoms with Crippen LogP contribution in [-0.4, -0.2) is 26.1 Å². The van der Waals surface area contributed by atoms with Gasteiger partial charge in [-0.1, -0.05) is 16.8 Å². The molecule has 1 heterocycles. The van der Waals surface area contributed by atoms with Crippen molar-refractivity contribution in [3.63, 3.8) is 0 Å². The van der Waals surface area contributed by atoms with Gasteiger partial charge in [-0.25, -0.2) is 9.07 Å². The predicted molar refractivity (Wildman–Crippen MR) is 62.4 cm³/mol. The fourth-order valence-corrected chi connectivity index (χ4v) is 1.65. The van der Waals surface area contributed by atoms with Crippen LogP contribution in [0.4, 0.5) is 4.39 Å². The van der Waals surface area contributed by atoms with Gasteiger partial charge in [-0.05, 0) is 19.1 Å². The summed E-state index contributed by atoms with van der Waals surface area (Å²) in [6.45, 7) is 1.67. The third-order valence-corrected chi connectivity index (χ3v) is 2.76. The van der Waals surface area contributed by atoms with Crippen LogP contribution in [0, 0.1) is 12.7 Å². The molecule has 0 spiro atoms. The van der Waals surface area contributed by atoms with E-state index < -0.39 is 11.8 Å². The van der Waals surface area contributed by atoms with E-state index in [1.165, 1.54) is 16.8 Å². The molecule has 18 heavy (non-hydrogen) atoms. The molecule has 0 saturated carbocycles. The predicted octanol–water partition coefficient (Wildman–Crippen LogP) is 2.00. The van der Waals surface area contributed by atoms with Gasteiger partial charge in [-0.3, -0.25) is 4.79 Å². The molecule has 7 heteroatoms. The molecule has 0 fully saturated rings. The highest BCUT2D eigenvalue weighted by atomic mass is 35.5. The minimum Gasteiger partial charge on any atom is -0.481 e. The molecule has 0 bridgehead atoms. The van der Waals surface area contributed by atoms with Crippen LogP contribution in [0.15, 0.2) is 18.2 Å². The topological polar surface area (TPSA) is 68.0 Å². The van der Waals surface area contributed by atoms with E-state index in [-0.39, 0.29) is 11.4 Å². The van der Waals surface area contributed by atoms with E-state index >= 15 is 0 Å². The zero-order valence-corrected chi connectivity index (χ0v) is 10.1. The van der Waals surface area contributed by atoms with Crippen LogP contribution in [0.25, 0.3) is 5.69 Å². The maximum Gasteiger partial charge on any atom is 0.309 e. The number of aliphatic carboxylic acids is 1. The maximum atomic E-state index is 13.3. The Morgan fingerprint density at radius 1 is 1.56 bits per heavy atom. The smallest absolute Gasteiger partial charge is 0.309 e. The van der Waals surface area contributed by atoms with Gasteiger partial charge in [0, 0.05) is 6.07 Å². The molecule has 0 aliphatic heterocycles. The third-order valence-electron chi connectivity index (χ3n) is 2.46. The Morgan fingerprint density at radius 2 is 2.28 bits per heavy atom. The van der Waals surface area contributed by atoms with Gasteiger partial charge in [0.25, 0.3) is 0 Å². The molecule has 0 aliphatic rings. The van der Waals surface area contributed by atoms with Crippen LogP contribution in [0.3, 0.4) is 0 Å². The van der Waals surface area contributed by atoms with Gasteiger partial charge in [0.2, 0.25) is 0 Å². The average molecular weight is 270 g/mol. The van der Waals surface area contributed by atoms with Crippen LogP contribution >= 0.6 is 11.6 Å². The van der Waals surface area contributed by atoms with Crippen molar-refractivity contribution >= 4 is 17.6 Å². The molecular weight excluding hydrogens is 261 g/mol. The first-order valence-corrected chi connectivity index (χ1v) is 5.45. The Bertz CT molecular complexity index is 612. The molecule has 5 nitrogen and oxygen atoms in total. The first-order chi connectivity index (χ1) is 8.49. The highest BCUT2D eigenvalue weighted by molar-refractivity contribution is 6.30. The second kappa shape index (κ2) is 4.73. The van der Waals surface area contributed by atoms with Gasteiger partial charge >= 0.3 is 5.97 Å². The van der Waals surface area contributed by atoms with Gasteiger partial charge in [0.05, 0.1) is 28.5 Å². The summed E-state index contributed by atoms with van der Waals surface area (Å²) in [4.78, 5) is 10.6. The van der Waals surface area contributed by atoms with Crippen LogP contribution < -0.4 is 0 Å². The number of aromatic nitrogens is 3. The molecule has 2 aromatic rings. The van der Waals surface area contributed by atoms with E-state index in [0.717, 1.165) is 0 Å². The number of nitrogens with zero attached hydrogens (tertiary/aromatic N) is 3. The molecule has 0 amide bonds. The fourth-order valence-electron chi connectivity index (χ4n) is 1.53. The summed E-state index contributed by atoms with van der Waals surface area (Å²) in [7, 11) is 0. The van der Waals surface area contributed by atoms with Gasteiger partial charge in [-0.2, -0.15) is 0 Å². The quantitative estimate of drug-likeness (QED) is 0.925. The molecule has 94 valence electrons. The standard InChI is InChI=1S/C11H9ClFN3O2/c1-6-10(5-11(17)18)14-15-16(6)7-2-3-8(12)9(13)4-7/h2-4H,5H2,1H3,(H,17,18). The molecule has 1 aromatic heterocycles. The van der Waals surface area contributed by atoms with Gasteiger partial charge in [0.15, 0.2) is 0 Å². The largest absolute Gasteiger partial charge is 0.481 e. The van der Waals surface area contributed by atoms with Gasteiger partial charge < -0.3 is 5.11 Å². The lowest BCUT2D eigenvalue weighted by Crippen LogP contribution is -2.03. The molecule has 1 N–H and O–H groups in total. The Kier molecular flexibility index (Phi) is 3.29. The molecule has 0 unspecified atom stereocenters. The Hall–Kier alpha value is -1.95. The van der Waals surface area contributed by atoms with Crippen LogP contribution in [0.5, 0.6) is 0 Å². The number of carboxylic acid groups (broad SMARTS) is 1. The van der Waals surface area contributed by atoms with Crippen molar-refractivity contribution in [2.24, 2.45) is 0 Å². The number of hydrogen-bond acceptors (Lipinski definition) is 3. The molecular formula is C11H9ClFN3O2. The lowest BCUT2D eigenvalue weighted by molar-refractivity contribution is -0.136. The molecule has 0 radical (unpaired) electrons. The van der Waals surface area contributed by atoms with Crippen molar-refractivity contribution in [3.05, 3.63) is 40.4 Å². The first kappa shape index (κ1) is 12.5. The summed E-state index contributed by atoms with van der Waals surface area (Å²) < 4.78 is 14.7. The summed E-state index contributed by atoms with van der Waals surface area (Å²) >= 11 is 5.58. The normalized spacial score (nSPS) is 10.6. The highest BCUT2D eigenvalue weighted by Crippen LogP contribution is 2.19. The van der Waals surface area contributed by atoms with E-state index in [1.54, 1.807) is 13.0 Å². The van der Waals surface area contributed by atoms with Crippen molar-refractivity contribution in [1.29, 1.82) is 0 Å². The molecule has 0 aliphatic carbocycles. The van der Waals surface area contributed by atoms with Crippen molar-refractivity contribution in [2.75, 3.05) is 0 Å². The monoisotopic (exact) mass is 269 g/mol. The summed E-state index contributed by atoms with van der Waals surface area (Å²) in [5.74, 6) is -1.56. The van der Waals surface area contributed by atoms with Gasteiger partial charge in [0.1, 0.15) is 5.82 Å². The fraction of sp³-hybridized carbons (Fsp3) is 0.182. The molecule has 0 saturated heterocycles. The van der Waals surface area contributed by atoms with Crippen LogP contribution in [0.2, 0.25) is 5.02 Å². The second-order valence-corrected chi connectivity index (χ2v) is 4.11. The maximum absolute atomic E-state index is 13.3. The number of carboxylic acids is 1. The number of benzene rings is 1. The Morgan fingerprint density at radius 3 is 2.89 bits per heavy atom. The van der Waals surface area contributed by atoms with E-state index in [9.17, 15) is 9.18 Å². The van der Waals surface area contributed by atoms with Crippen LogP contribution in [-0.2, 0) is 11.2 Å². The third kappa shape index (κ3) is 2.33. The first-order valence-electron chi connectivity index (χ1n) is 5.07.